The van der Waals surface area contributed by atoms with Gasteiger partial charge in [0.05, 0.1) is 23.4 Å². The lowest BCUT2D eigenvalue weighted by Gasteiger charge is -2.17. The second-order valence-corrected chi connectivity index (χ2v) is 6.19. The molecule has 0 bridgehead atoms. The maximum Gasteiger partial charge on any atom is 0.337 e. The number of nitrogens with one attached hydrogen (secondary N) is 1. The molecule has 132 valence electrons. The van der Waals surface area contributed by atoms with Crippen LogP contribution in [-0.4, -0.2) is 25.1 Å². The summed E-state index contributed by atoms with van der Waals surface area (Å²) >= 11 is 12.0. The highest BCUT2D eigenvalue weighted by Gasteiger charge is 2.18. The monoisotopic (exact) mass is 381 g/mol. The lowest BCUT2D eigenvalue weighted by molar-refractivity contribution is -0.122. The minimum absolute atomic E-state index is 0.282. The number of methoxy groups -OCH3 is 1. The van der Waals surface area contributed by atoms with E-state index in [-0.39, 0.29) is 5.56 Å². The first-order chi connectivity index (χ1) is 11.8. The van der Waals surface area contributed by atoms with E-state index in [4.69, 9.17) is 27.9 Å². The SMILES string of the molecule is COC(=O)c1ccc(Cl)c(NC(=O)C(C)Oc2ccc(Cl)cc2C)c1. The Morgan fingerprint density at radius 1 is 1.12 bits per heavy atom. The van der Waals surface area contributed by atoms with Crippen molar-refractivity contribution in [3.05, 3.63) is 57.6 Å². The molecule has 0 aliphatic rings. The molecule has 0 radical (unpaired) electrons. The number of esters is 1. The van der Waals surface area contributed by atoms with Gasteiger partial charge in [-0.3, -0.25) is 4.79 Å². The molecule has 0 aromatic heterocycles. The third-order valence-electron chi connectivity index (χ3n) is 3.46. The maximum absolute atomic E-state index is 12.4. The smallest absolute Gasteiger partial charge is 0.337 e. The van der Waals surface area contributed by atoms with Gasteiger partial charge in [-0.25, -0.2) is 4.79 Å². The number of hydrogen-bond donors (Lipinski definition) is 1. The van der Waals surface area contributed by atoms with Crippen molar-refractivity contribution < 1.29 is 19.1 Å². The molecular weight excluding hydrogens is 365 g/mol. The molecule has 0 fully saturated rings. The molecule has 2 rings (SSSR count). The van der Waals surface area contributed by atoms with E-state index in [9.17, 15) is 9.59 Å². The summed E-state index contributed by atoms with van der Waals surface area (Å²) in [6.45, 7) is 3.45. The number of halogens is 2. The van der Waals surface area contributed by atoms with Gasteiger partial charge in [0.25, 0.3) is 5.91 Å². The molecule has 25 heavy (non-hydrogen) atoms. The van der Waals surface area contributed by atoms with Crippen molar-refractivity contribution in [3.8, 4) is 5.75 Å². The normalized spacial score (nSPS) is 11.6. The van der Waals surface area contributed by atoms with Gasteiger partial charge in [0.15, 0.2) is 6.10 Å². The van der Waals surface area contributed by atoms with Crippen LogP contribution >= 0.6 is 23.2 Å². The Morgan fingerprint density at radius 3 is 2.48 bits per heavy atom. The average molecular weight is 382 g/mol. The van der Waals surface area contributed by atoms with E-state index in [1.165, 1.54) is 25.3 Å². The number of ether oxygens (including phenoxy) is 2. The number of carbonyl (C=O) groups excluding carboxylic acids is 2. The van der Waals surface area contributed by atoms with Crippen LogP contribution in [0.25, 0.3) is 0 Å². The van der Waals surface area contributed by atoms with E-state index in [0.29, 0.717) is 21.5 Å². The first-order valence-electron chi connectivity index (χ1n) is 7.43. The fourth-order valence-corrected chi connectivity index (χ4v) is 2.48. The molecular formula is C18H17Cl2NO4. The van der Waals surface area contributed by atoms with Crippen LogP contribution in [0.1, 0.15) is 22.8 Å². The highest BCUT2D eigenvalue weighted by atomic mass is 35.5. The van der Waals surface area contributed by atoms with Crippen LogP contribution in [0.5, 0.6) is 5.75 Å². The van der Waals surface area contributed by atoms with Gasteiger partial charge < -0.3 is 14.8 Å². The van der Waals surface area contributed by atoms with Crippen molar-refractivity contribution >= 4 is 40.8 Å². The molecule has 0 aliphatic heterocycles. The molecule has 0 saturated carbocycles. The lowest BCUT2D eigenvalue weighted by Crippen LogP contribution is -2.30. The quantitative estimate of drug-likeness (QED) is 0.774. The van der Waals surface area contributed by atoms with Crippen LogP contribution in [-0.2, 0) is 9.53 Å². The number of carbonyl (C=O) groups is 2. The molecule has 1 unspecified atom stereocenters. The number of amides is 1. The minimum Gasteiger partial charge on any atom is -0.481 e. The maximum atomic E-state index is 12.4. The second kappa shape index (κ2) is 8.23. The summed E-state index contributed by atoms with van der Waals surface area (Å²) in [4.78, 5) is 24.0. The Kier molecular flexibility index (Phi) is 6.28. The van der Waals surface area contributed by atoms with Crippen LogP contribution in [0.3, 0.4) is 0 Å². The third-order valence-corrected chi connectivity index (χ3v) is 4.02. The Bertz CT molecular complexity index is 808. The predicted octanol–water partition coefficient (Wildman–Crippen LogP) is 4.49. The average Bonchev–Trinajstić information content (AvgIpc) is 2.58. The van der Waals surface area contributed by atoms with Gasteiger partial charge in [0, 0.05) is 5.02 Å². The largest absolute Gasteiger partial charge is 0.481 e. The summed E-state index contributed by atoms with van der Waals surface area (Å²) in [5.74, 6) is -0.368. The summed E-state index contributed by atoms with van der Waals surface area (Å²) in [5, 5.41) is 3.54. The van der Waals surface area contributed by atoms with Crippen LogP contribution in [0.2, 0.25) is 10.0 Å². The van der Waals surface area contributed by atoms with Gasteiger partial charge in [-0.15, -0.1) is 0 Å². The van der Waals surface area contributed by atoms with Crippen molar-refractivity contribution in [1.29, 1.82) is 0 Å². The first kappa shape index (κ1) is 19.1. The van der Waals surface area contributed by atoms with Crippen LogP contribution in [0, 0.1) is 6.92 Å². The number of benzene rings is 2. The molecule has 1 N–H and O–H groups in total. The Balaban J connectivity index is 2.12. The zero-order valence-electron chi connectivity index (χ0n) is 13.9. The van der Waals surface area contributed by atoms with Crippen molar-refractivity contribution in [2.75, 3.05) is 12.4 Å². The fraction of sp³-hybridized carbons (Fsp3) is 0.222. The summed E-state index contributed by atoms with van der Waals surface area (Å²) in [7, 11) is 1.28. The van der Waals surface area contributed by atoms with Crippen LogP contribution in [0.15, 0.2) is 36.4 Å². The second-order valence-electron chi connectivity index (χ2n) is 5.35. The number of aryl methyl sites for hydroxylation is 1. The predicted molar refractivity (Wildman–Crippen MR) is 97.7 cm³/mol. The number of rotatable bonds is 5. The molecule has 1 atom stereocenters. The van der Waals surface area contributed by atoms with E-state index in [1.807, 2.05) is 6.92 Å². The zero-order valence-corrected chi connectivity index (χ0v) is 15.4. The van der Waals surface area contributed by atoms with E-state index in [1.54, 1.807) is 25.1 Å². The summed E-state index contributed by atoms with van der Waals surface area (Å²) in [6, 6.07) is 9.61. The van der Waals surface area contributed by atoms with Crippen molar-refractivity contribution in [1.82, 2.24) is 0 Å². The molecule has 5 nitrogen and oxygen atoms in total. The molecule has 1 amide bonds. The summed E-state index contributed by atoms with van der Waals surface area (Å²) < 4.78 is 10.3. The Morgan fingerprint density at radius 2 is 1.84 bits per heavy atom. The highest BCUT2D eigenvalue weighted by Crippen LogP contribution is 2.25. The van der Waals surface area contributed by atoms with Crippen molar-refractivity contribution in [2.24, 2.45) is 0 Å². The molecule has 0 aliphatic carbocycles. The Labute approximate surface area is 155 Å². The summed E-state index contributed by atoms with van der Waals surface area (Å²) in [6.07, 6.45) is -0.780. The van der Waals surface area contributed by atoms with Gasteiger partial charge in [0.2, 0.25) is 0 Å². The van der Waals surface area contributed by atoms with Crippen LogP contribution < -0.4 is 10.1 Å². The molecule has 7 heteroatoms. The molecule has 2 aromatic rings. The number of anilines is 1. The minimum atomic E-state index is -0.780. The van der Waals surface area contributed by atoms with Crippen molar-refractivity contribution in [2.45, 2.75) is 20.0 Å². The Hall–Kier alpha value is -2.24. The van der Waals surface area contributed by atoms with E-state index < -0.39 is 18.0 Å². The standard InChI is InChI=1S/C18H17Cl2NO4/c1-10-8-13(19)5-7-16(10)25-11(2)17(22)21-15-9-12(18(23)24-3)4-6-14(15)20/h4-9,11H,1-3H3,(H,21,22). The third kappa shape index (κ3) is 4.87. The summed E-state index contributed by atoms with van der Waals surface area (Å²) in [5.41, 5.74) is 1.40. The first-order valence-corrected chi connectivity index (χ1v) is 8.19. The highest BCUT2D eigenvalue weighted by molar-refractivity contribution is 6.34. The topological polar surface area (TPSA) is 64.6 Å². The van der Waals surface area contributed by atoms with Gasteiger partial charge >= 0.3 is 5.97 Å². The molecule has 2 aromatic carbocycles. The zero-order chi connectivity index (χ0) is 18.6. The van der Waals surface area contributed by atoms with E-state index in [2.05, 4.69) is 10.1 Å². The van der Waals surface area contributed by atoms with E-state index in [0.717, 1.165) is 5.56 Å². The van der Waals surface area contributed by atoms with E-state index >= 15 is 0 Å². The van der Waals surface area contributed by atoms with Gasteiger partial charge in [-0.2, -0.15) is 0 Å². The lowest BCUT2D eigenvalue weighted by atomic mass is 10.2. The van der Waals surface area contributed by atoms with Gasteiger partial charge in [-0.1, -0.05) is 23.2 Å². The van der Waals surface area contributed by atoms with Gasteiger partial charge in [0.1, 0.15) is 5.75 Å². The molecule has 0 heterocycles. The number of hydrogen-bond acceptors (Lipinski definition) is 4. The van der Waals surface area contributed by atoms with Crippen molar-refractivity contribution in [3.63, 3.8) is 0 Å². The van der Waals surface area contributed by atoms with Crippen LogP contribution in [0.4, 0.5) is 5.69 Å². The fourth-order valence-electron chi connectivity index (χ4n) is 2.09. The van der Waals surface area contributed by atoms with Gasteiger partial charge in [-0.05, 0) is 55.8 Å². The molecule has 0 saturated heterocycles. The molecule has 0 spiro atoms.